The number of aliphatic hydroxyl groups excluding tert-OH is 9. The maximum Gasteiger partial charge on any atom is 0.354 e. The van der Waals surface area contributed by atoms with Crippen molar-refractivity contribution >= 4 is 153 Å². The zero-order valence-electron chi connectivity index (χ0n) is 38.7. The molecule has 44 heteroatoms. The van der Waals surface area contributed by atoms with Crippen LogP contribution in [-0.2, 0) is 28.5 Å². The van der Waals surface area contributed by atoms with Gasteiger partial charge in [0, 0.05) is 62.9 Å². The second-order valence-electron chi connectivity index (χ2n) is 14.0. The molecule has 0 saturated carbocycles. The van der Waals surface area contributed by atoms with Crippen LogP contribution in [0.5, 0.6) is 0 Å². The van der Waals surface area contributed by atoms with E-state index < -0.39 is 110 Å². The van der Waals surface area contributed by atoms with E-state index in [9.17, 15) is 49.5 Å². The SMILES string of the molecule is I.II.I[I-]I.N=C(NC=O)NC(=O)N[C@H]1CC(O)[C@@H](CO)O1.NC(N)=NC(=O)N[C@H]1CC(O)[C@@H](CO)O1.NC1=NC(O)N([C@H]2CC(O)[C@@H](CO)O2)C(=O)N1.Nc1ncn([C@H]2CC(O)[C@@H](CO)O2)c(=O)n1.O.O.O=CO. The second-order valence-corrected chi connectivity index (χ2v) is 30.3. The monoisotopic (exact) mass is 1780 g/mol. The number of guanidine groups is 3. The number of nitrogens with one attached hydrogen (secondary N) is 6. The first kappa shape index (κ1) is 80.2. The third-order valence-corrected chi connectivity index (χ3v) is 9.16. The number of nitrogen functional groups attached to an aromatic ring is 1. The van der Waals surface area contributed by atoms with Crippen LogP contribution >= 0.6 is 98.4 Å². The van der Waals surface area contributed by atoms with E-state index in [-0.39, 0.29) is 118 Å². The Labute approximate surface area is 499 Å². The normalized spacial score (nSPS) is 27.2. The molecule has 7 amide bonds. The largest absolute Gasteiger partial charge is 0.483 e. The minimum atomic E-state index is -1.46. The van der Waals surface area contributed by atoms with E-state index in [0.29, 0.717) is 13.3 Å². The van der Waals surface area contributed by atoms with E-state index in [1.807, 2.05) is 10.6 Å². The summed E-state index contributed by atoms with van der Waals surface area (Å²) in [7, 11) is 0. The first-order chi connectivity index (χ1) is 34.6. The van der Waals surface area contributed by atoms with Gasteiger partial charge < -0.3 is 115 Å². The number of hydrogen-bond acceptors (Lipinski definition) is 25. The molecule has 0 aromatic carbocycles. The molecule has 4 saturated heterocycles. The molecule has 1 aromatic heterocycles. The average Bonchev–Trinajstić information content (AvgIpc) is 4.08. The number of hydrogen-bond donors (Lipinski definition) is 20. The number of aromatic nitrogens is 3. The summed E-state index contributed by atoms with van der Waals surface area (Å²) in [5, 5.41) is 107. The Morgan fingerprint density at radius 1 is 0.816 bits per heavy atom. The number of nitrogens with zero attached hydrogens (tertiary/aromatic N) is 6. The summed E-state index contributed by atoms with van der Waals surface area (Å²) in [6.07, 6.45) is -8.55. The molecule has 13 atom stereocenters. The number of aliphatic imine (C=N–C) groups is 2. The Morgan fingerprint density at radius 3 is 1.63 bits per heavy atom. The molecule has 38 nitrogen and oxygen atoms in total. The summed E-state index contributed by atoms with van der Waals surface area (Å²) in [5.74, 6) is -1.13. The van der Waals surface area contributed by atoms with E-state index in [0.717, 1.165) is 9.47 Å². The molecule has 0 radical (unpaired) electrons. The zero-order chi connectivity index (χ0) is 56.0. The number of amides is 7. The number of rotatable bonds is 9. The van der Waals surface area contributed by atoms with Gasteiger partial charge in [-0.1, -0.05) is 0 Å². The molecule has 444 valence electrons. The molecule has 6 rings (SSSR count). The number of aliphatic hydroxyl groups is 9. The fourth-order valence-electron chi connectivity index (χ4n) is 6.08. The number of halogens is 6. The third-order valence-electron chi connectivity index (χ3n) is 9.16. The van der Waals surface area contributed by atoms with Gasteiger partial charge in [-0.25, -0.2) is 29.2 Å². The van der Waals surface area contributed by atoms with Crippen molar-refractivity contribution in [2.24, 2.45) is 27.2 Å². The molecular formula is C32H61I6N16O22-. The molecule has 5 aliphatic rings. The van der Waals surface area contributed by atoms with Crippen molar-refractivity contribution in [3.05, 3.63) is 16.8 Å². The predicted octanol–water partition coefficient (Wildman–Crippen LogP) is -11.0. The maximum atomic E-state index is 11.6. The van der Waals surface area contributed by atoms with Gasteiger partial charge in [0.15, 0.2) is 5.96 Å². The van der Waals surface area contributed by atoms with Crippen LogP contribution in [-0.4, -0.2) is 231 Å². The minimum absolute atomic E-state index is 0. The predicted molar refractivity (Wildman–Crippen MR) is 300 cm³/mol. The van der Waals surface area contributed by atoms with Crippen LogP contribution in [0.15, 0.2) is 21.1 Å². The van der Waals surface area contributed by atoms with Crippen molar-refractivity contribution < 1.29 is 118 Å². The number of nitrogens with two attached hydrogens (primary N) is 4. The van der Waals surface area contributed by atoms with Gasteiger partial charge in [-0.15, -0.1) is 24.0 Å². The molecular weight excluding hydrogens is 1720 g/mol. The number of carbonyl (C=O) groups is 5. The maximum absolute atomic E-state index is 11.6. The van der Waals surface area contributed by atoms with E-state index in [1.54, 1.807) is 0 Å². The molecule has 0 spiro atoms. The van der Waals surface area contributed by atoms with Crippen LogP contribution < -0.4 is 68.5 Å². The van der Waals surface area contributed by atoms with Gasteiger partial charge >= 0.3 is 74.3 Å². The quantitative estimate of drug-likeness (QED) is 0.0472. The molecule has 28 N–H and O–H groups in total. The van der Waals surface area contributed by atoms with Crippen molar-refractivity contribution in [1.82, 2.24) is 46.0 Å². The summed E-state index contributed by atoms with van der Waals surface area (Å²) in [4.78, 5) is 78.4. The van der Waals surface area contributed by atoms with Crippen molar-refractivity contribution in [2.75, 3.05) is 32.2 Å². The zero-order valence-corrected chi connectivity index (χ0v) is 51.9. The van der Waals surface area contributed by atoms with Gasteiger partial charge in [-0.2, -0.15) is 9.98 Å². The first-order valence-electron chi connectivity index (χ1n) is 20.0. The molecule has 4 fully saturated rings. The Morgan fingerprint density at radius 2 is 1.24 bits per heavy atom. The number of urea groups is 3. The van der Waals surface area contributed by atoms with Crippen molar-refractivity contribution in [3.63, 3.8) is 0 Å². The van der Waals surface area contributed by atoms with Gasteiger partial charge in [0.1, 0.15) is 55.7 Å². The minimum Gasteiger partial charge on any atom is -0.483 e. The molecule has 6 heterocycles. The summed E-state index contributed by atoms with van der Waals surface area (Å²) >= 11 is 9.54. The van der Waals surface area contributed by atoms with Crippen molar-refractivity contribution in [1.29, 1.82) is 5.41 Å². The van der Waals surface area contributed by atoms with E-state index in [1.165, 1.54) is 6.33 Å². The number of ether oxygens (including phenoxy) is 4. The molecule has 76 heavy (non-hydrogen) atoms. The average molecular weight is 1780 g/mol. The van der Waals surface area contributed by atoms with Crippen LogP contribution in [0.25, 0.3) is 0 Å². The Kier molecular flexibility index (Phi) is 47.0. The standard InChI is InChI=1S/2C8H14N4O5.C8H12N4O4.C7H14N4O4.CH2O2.I3.I2.HI.2H2O/c9-6-10-7(15)12(8(16)11-6)5-1-3(14)4(2-13)17-5;9-7(10-3-14)12-8(16)11-6-1-4(15)5(2-13)17-6;9-7-10-3-12(8(15)11-7)6-1-4(14)5(2-13)16-6;8-6(9)11-7(14)10-5-1-3(13)4(2-12)15-5;2-1-3;1-3-2;1-2;;;/h3-5,7,13-15H,1-2H2,(H3,9,10,11,16);3-6,13,15H,1-2H2,(H4,9,10,11,12,14,16);3-6,13-14H,1-2H2,(H2,9,11,15);3-5,12-13H,1-2H2,(H5,8,9,10,11,14);1H,(H,2,3);;;1H;2*1H2/q;;;;;-1;;;;/t3?,4-,5-,7?;2*4?,5-,6-;3?,4-,5-;;;;;;/m1111....../s1. The van der Waals surface area contributed by atoms with Gasteiger partial charge in [0.05, 0.1) is 50.8 Å². The van der Waals surface area contributed by atoms with Gasteiger partial charge in [-0.05, 0) is 0 Å². The van der Waals surface area contributed by atoms with Gasteiger partial charge in [-0.3, -0.25) is 40.4 Å². The summed E-state index contributed by atoms with van der Waals surface area (Å²) in [6, 6.07) is -2.16. The number of anilines is 1. The first-order valence-corrected chi connectivity index (χ1v) is 38.9. The van der Waals surface area contributed by atoms with Gasteiger partial charge in [0.2, 0.25) is 30.6 Å². The van der Waals surface area contributed by atoms with E-state index in [2.05, 4.69) is 110 Å². The smallest absolute Gasteiger partial charge is 0.354 e. The van der Waals surface area contributed by atoms with E-state index in [4.69, 9.17) is 77.6 Å². The molecule has 1 aromatic rings. The summed E-state index contributed by atoms with van der Waals surface area (Å²) in [6.45, 7) is -1.57. The fourth-order valence-corrected chi connectivity index (χ4v) is 6.08. The fraction of sp³-hybridized carbons (Fsp3) is 0.656. The molecule has 5 aliphatic heterocycles. The van der Waals surface area contributed by atoms with Crippen LogP contribution in [0.3, 0.4) is 0 Å². The molecule has 0 bridgehead atoms. The van der Waals surface area contributed by atoms with Crippen LogP contribution in [0.1, 0.15) is 31.9 Å². The van der Waals surface area contributed by atoms with E-state index >= 15 is 0 Å². The Balaban J connectivity index is -0.000000429. The summed E-state index contributed by atoms with van der Waals surface area (Å²) in [5.41, 5.74) is 19.9. The number of carbonyl (C=O) groups excluding carboxylic acids is 4. The second kappa shape index (κ2) is 44.5. The molecule has 0 aliphatic carbocycles. The Bertz CT molecular complexity index is 1980. The van der Waals surface area contributed by atoms with Crippen LogP contribution in [0.4, 0.5) is 20.3 Å². The summed E-state index contributed by atoms with van der Waals surface area (Å²) < 4.78 is 21.8. The van der Waals surface area contributed by atoms with Crippen molar-refractivity contribution in [2.45, 2.75) is 106 Å². The van der Waals surface area contributed by atoms with Crippen molar-refractivity contribution in [3.8, 4) is 0 Å². The number of carboxylic acid groups (broad SMARTS) is 1. The third kappa shape index (κ3) is 29.8. The van der Waals surface area contributed by atoms with Crippen LogP contribution in [0.2, 0.25) is 0 Å². The topological polar surface area (TPSA) is 651 Å². The Hall–Kier alpha value is -2.25. The van der Waals surface area contributed by atoms with Crippen LogP contribution in [0, 0.1) is 5.41 Å². The molecule has 5 unspecified atom stereocenters. The van der Waals surface area contributed by atoms with Gasteiger partial charge in [0.25, 0.3) is 6.47 Å².